The Kier molecular flexibility index (Phi) is 4.79. The monoisotopic (exact) mass is 330 g/mol. The lowest BCUT2D eigenvalue weighted by molar-refractivity contribution is -0.386. The molecule has 0 radical (unpaired) electrons. The Labute approximate surface area is 137 Å². The molecule has 0 fully saturated rings. The molecule has 124 valence electrons. The zero-order valence-electron chi connectivity index (χ0n) is 13.3. The van der Waals surface area contributed by atoms with Gasteiger partial charge in [0.1, 0.15) is 17.9 Å². The van der Waals surface area contributed by atoms with Crippen molar-refractivity contribution in [1.82, 2.24) is 9.78 Å². The molecule has 0 saturated carbocycles. The summed E-state index contributed by atoms with van der Waals surface area (Å²) in [7, 11) is 1.39. The molecule has 0 N–H and O–H groups in total. The summed E-state index contributed by atoms with van der Waals surface area (Å²) < 4.78 is 11.5. The molecule has 2 aromatic rings. The maximum absolute atomic E-state index is 12.1. The van der Waals surface area contributed by atoms with Crippen LogP contribution in [0.25, 0.3) is 0 Å². The van der Waals surface area contributed by atoms with Crippen LogP contribution >= 0.6 is 0 Å². The molecule has 24 heavy (non-hydrogen) atoms. The second kappa shape index (κ2) is 6.78. The Balaban J connectivity index is 2.19. The van der Waals surface area contributed by atoms with Crippen molar-refractivity contribution in [2.24, 2.45) is 0 Å². The van der Waals surface area contributed by atoms with Crippen LogP contribution in [0.5, 0.6) is 11.5 Å². The smallest absolute Gasteiger partial charge is 0.333 e. The highest BCUT2D eigenvalue weighted by atomic mass is 16.6. The van der Waals surface area contributed by atoms with Crippen molar-refractivity contribution in [1.29, 1.82) is 5.26 Å². The second-order valence-electron chi connectivity index (χ2n) is 4.89. The molecule has 9 nitrogen and oxygen atoms in total. The molecule has 0 saturated heterocycles. The molecule has 0 aliphatic carbocycles. The number of carbonyl (C=O) groups excluding carboxylic acids is 1. The molecular weight excluding hydrogens is 316 g/mol. The van der Waals surface area contributed by atoms with E-state index in [1.807, 2.05) is 6.07 Å². The number of ether oxygens (including phenoxy) is 2. The van der Waals surface area contributed by atoms with Crippen LogP contribution in [0.3, 0.4) is 0 Å². The van der Waals surface area contributed by atoms with E-state index in [0.717, 1.165) is 0 Å². The number of nitro groups is 1. The number of rotatable bonds is 5. The standard InChI is InChI=1S/C15H14N4O5/c1-9-15(19(21)22)10(2)18(17-9)8-14(20)24-12-5-4-11(7-16)6-13(12)23-3/h4-6H,8H2,1-3H3. The quantitative estimate of drug-likeness (QED) is 0.355. The number of benzene rings is 1. The third-order valence-electron chi connectivity index (χ3n) is 3.32. The third kappa shape index (κ3) is 3.33. The highest BCUT2D eigenvalue weighted by molar-refractivity contribution is 5.73. The fourth-order valence-corrected chi connectivity index (χ4v) is 2.20. The molecule has 0 bridgehead atoms. The summed E-state index contributed by atoms with van der Waals surface area (Å²) in [4.78, 5) is 22.5. The predicted octanol–water partition coefficient (Wildman–Crippen LogP) is 1.89. The number of carbonyl (C=O) groups is 1. The highest BCUT2D eigenvalue weighted by Crippen LogP contribution is 2.28. The van der Waals surface area contributed by atoms with Gasteiger partial charge in [0.25, 0.3) is 0 Å². The molecule has 0 spiro atoms. The number of aryl methyl sites for hydroxylation is 1. The SMILES string of the molecule is COc1cc(C#N)ccc1OC(=O)Cn1nc(C)c([N+](=O)[O-])c1C. The van der Waals surface area contributed by atoms with E-state index in [4.69, 9.17) is 14.7 Å². The van der Waals surface area contributed by atoms with Gasteiger partial charge in [0.15, 0.2) is 11.5 Å². The predicted molar refractivity (Wildman–Crippen MR) is 81.7 cm³/mol. The molecule has 0 unspecified atom stereocenters. The minimum absolute atomic E-state index is 0.126. The van der Waals surface area contributed by atoms with Gasteiger partial charge in [0.05, 0.1) is 23.7 Å². The summed E-state index contributed by atoms with van der Waals surface area (Å²) in [6.07, 6.45) is 0. The first-order chi connectivity index (χ1) is 11.4. The highest BCUT2D eigenvalue weighted by Gasteiger charge is 2.23. The Morgan fingerprint density at radius 3 is 2.67 bits per heavy atom. The molecule has 0 atom stereocenters. The van der Waals surface area contributed by atoms with E-state index < -0.39 is 10.9 Å². The molecule has 0 aliphatic rings. The van der Waals surface area contributed by atoms with Gasteiger partial charge < -0.3 is 9.47 Å². The van der Waals surface area contributed by atoms with Crippen molar-refractivity contribution < 1.29 is 19.2 Å². The van der Waals surface area contributed by atoms with Gasteiger partial charge in [-0.25, -0.2) is 4.79 Å². The van der Waals surface area contributed by atoms with Crippen LogP contribution in [0.4, 0.5) is 5.69 Å². The number of hydrogen-bond donors (Lipinski definition) is 0. The second-order valence-corrected chi connectivity index (χ2v) is 4.89. The van der Waals surface area contributed by atoms with Crippen LogP contribution in [-0.2, 0) is 11.3 Å². The van der Waals surface area contributed by atoms with E-state index in [0.29, 0.717) is 5.56 Å². The normalized spacial score (nSPS) is 10.1. The Hall–Kier alpha value is -3.41. The van der Waals surface area contributed by atoms with Crippen molar-refractivity contribution in [3.8, 4) is 17.6 Å². The van der Waals surface area contributed by atoms with Crippen molar-refractivity contribution >= 4 is 11.7 Å². The average molecular weight is 330 g/mol. The van der Waals surface area contributed by atoms with Gasteiger partial charge in [-0.05, 0) is 26.0 Å². The first-order valence-electron chi connectivity index (χ1n) is 6.84. The zero-order chi connectivity index (χ0) is 17.9. The van der Waals surface area contributed by atoms with E-state index in [1.54, 1.807) is 0 Å². The fraction of sp³-hybridized carbons (Fsp3) is 0.267. The number of nitrogens with zero attached hydrogens (tertiary/aromatic N) is 4. The number of esters is 1. The molecule has 1 aromatic carbocycles. The first-order valence-corrected chi connectivity index (χ1v) is 6.84. The van der Waals surface area contributed by atoms with Gasteiger partial charge >= 0.3 is 11.7 Å². The van der Waals surface area contributed by atoms with E-state index in [-0.39, 0.29) is 35.1 Å². The number of methoxy groups -OCH3 is 1. The van der Waals surface area contributed by atoms with E-state index >= 15 is 0 Å². The number of hydrogen-bond acceptors (Lipinski definition) is 7. The van der Waals surface area contributed by atoms with Crippen molar-refractivity contribution in [3.63, 3.8) is 0 Å². The molecular formula is C15H14N4O5. The lowest BCUT2D eigenvalue weighted by Crippen LogP contribution is -2.18. The van der Waals surface area contributed by atoms with Gasteiger partial charge in [0, 0.05) is 6.07 Å². The van der Waals surface area contributed by atoms with Crippen LogP contribution in [0.15, 0.2) is 18.2 Å². The van der Waals surface area contributed by atoms with Crippen LogP contribution < -0.4 is 9.47 Å². The lowest BCUT2D eigenvalue weighted by atomic mass is 10.2. The van der Waals surface area contributed by atoms with Crippen molar-refractivity contribution in [2.45, 2.75) is 20.4 Å². The minimum atomic E-state index is -0.668. The number of nitriles is 1. The van der Waals surface area contributed by atoms with Gasteiger partial charge in [-0.3, -0.25) is 14.8 Å². The Bertz CT molecular complexity index is 850. The van der Waals surface area contributed by atoms with Crippen LogP contribution in [0.1, 0.15) is 17.0 Å². The van der Waals surface area contributed by atoms with E-state index in [1.165, 1.54) is 43.8 Å². The zero-order valence-corrected chi connectivity index (χ0v) is 13.3. The summed E-state index contributed by atoms with van der Waals surface area (Å²) >= 11 is 0. The average Bonchev–Trinajstić information content (AvgIpc) is 2.81. The van der Waals surface area contributed by atoms with E-state index in [2.05, 4.69) is 5.10 Å². The van der Waals surface area contributed by atoms with Gasteiger partial charge in [0.2, 0.25) is 0 Å². The maximum Gasteiger partial charge on any atom is 0.333 e. The molecule has 1 heterocycles. The summed E-state index contributed by atoms with van der Waals surface area (Å²) in [5, 5.41) is 23.8. The Morgan fingerprint density at radius 2 is 2.12 bits per heavy atom. The van der Waals surface area contributed by atoms with Crippen LogP contribution in [0.2, 0.25) is 0 Å². The summed E-state index contributed by atoms with van der Waals surface area (Å²) in [6, 6.07) is 6.32. The minimum Gasteiger partial charge on any atom is -0.493 e. The molecule has 9 heteroatoms. The summed E-state index contributed by atoms with van der Waals surface area (Å²) in [5.74, 6) is -0.280. The molecule has 2 rings (SSSR count). The molecule has 0 aliphatic heterocycles. The van der Waals surface area contributed by atoms with Crippen molar-refractivity contribution in [3.05, 3.63) is 45.3 Å². The molecule has 1 aromatic heterocycles. The summed E-state index contributed by atoms with van der Waals surface area (Å²) in [5.41, 5.74) is 0.724. The lowest BCUT2D eigenvalue weighted by Gasteiger charge is -2.09. The largest absolute Gasteiger partial charge is 0.493 e. The maximum atomic E-state index is 12.1. The third-order valence-corrected chi connectivity index (χ3v) is 3.32. The topological polar surface area (TPSA) is 120 Å². The van der Waals surface area contributed by atoms with Gasteiger partial charge in [-0.1, -0.05) is 0 Å². The Morgan fingerprint density at radius 1 is 1.42 bits per heavy atom. The van der Waals surface area contributed by atoms with Gasteiger partial charge in [-0.2, -0.15) is 10.4 Å². The van der Waals surface area contributed by atoms with Gasteiger partial charge in [-0.15, -0.1) is 0 Å². The fourth-order valence-electron chi connectivity index (χ4n) is 2.20. The van der Waals surface area contributed by atoms with Crippen LogP contribution in [-0.4, -0.2) is 27.8 Å². The summed E-state index contributed by atoms with van der Waals surface area (Å²) in [6.45, 7) is 2.72. The van der Waals surface area contributed by atoms with Crippen LogP contribution in [0, 0.1) is 35.3 Å². The van der Waals surface area contributed by atoms with E-state index in [9.17, 15) is 14.9 Å². The first kappa shape index (κ1) is 17.0. The number of aromatic nitrogens is 2. The van der Waals surface area contributed by atoms with Crippen molar-refractivity contribution in [2.75, 3.05) is 7.11 Å². The molecule has 0 amide bonds.